The number of allylic oxidation sites excluding steroid dienone is 1. The van der Waals surface area contributed by atoms with Crippen molar-refractivity contribution in [1.29, 1.82) is 0 Å². The Kier molecular flexibility index (Phi) is 2.21. The first-order valence-electron chi connectivity index (χ1n) is 3.96. The Morgan fingerprint density at radius 2 is 2.00 bits per heavy atom. The largest absolute Gasteiger partial charge is 0.478 e. The Labute approximate surface area is 77.2 Å². The zero-order chi connectivity index (χ0) is 9.52. The van der Waals surface area contributed by atoms with Crippen molar-refractivity contribution in [2.75, 3.05) is 0 Å². The van der Waals surface area contributed by atoms with E-state index < -0.39 is 5.97 Å². The third kappa shape index (κ3) is 1.63. The number of hydrogen-bond acceptors (Lipinski definition) is 1. The van der Waals surface area contributed by atoms with Crippen molar-refractivity contribution in [2.24, 2.45) is 11.3 Å². The highest BCUT2D eigenvalue weighted by atomic mass is 35.5. The molecule has 0 aromatic rings. The van der Waals surface area contributed by atoms with Crippen molar-refractivity contribution in [2.45, 2.75) is 27.2 Å². The first-order valence-corrected chi connectivity index (χ1v) is 4.33. The summed E-state index contributed by atoms with van der Waals surface area (Å²) >= 11 is 5.91. The molecule has 1 N–H and O–H groups in total. The van der Waals surface area contributed by atoms with Crippen LogP contribution in [0, 0.1) is 11.3 Å². The Morgan fingerprint density at radius 1 is 1.58 bits per heavy atom. The van der Waals surface area contributed by atoms with E-state index in [4.69, 9.17) is 16.7 Å². The molecule has 1 rings (SSSR count). The van der Waals surface area contributed by atoms with Crippen molar-refractivity contribution in [3.8, 4) is 0 Å². The van der Waals surface area contributed by atoms with Crippen LogP contribution in [0.15, 0.2) is 10.6 Å². The van der Waals surface area contributed by atoms with Crippen molar-refractivity contribution in [3.63, 3.8) is 0 Å². The third-order valence-electron chi connectivity index (χ3n) is 2.50. The van der Waals surface area contributed by atoms with Crippen LogP contribution < -0.4 is 0 Å². The zero-order valence-electron chi connectivity index (χ0n) is 7.52. The summed E-state index contributed by atoms with van der Waals surface area (Å²) in [5, 5.41) is 9.18. The fraction of sp³-hybridized carbons (Fsp3) is 0.667. The second-order valence-electron chi connectivity index (χ2n) is 4.02. The van der Waals surface area contributed by atoms with Crippen LogP contribution in [0.5, 0.6) is 0 Å². The van der Waals surface area contributed by atoms with Gasteiger partial charge in [0.25, 0.3) is 0 Å². The topological polar surface area (TPSA) is 37.3 Å². The number of carboxylic acids is 1. The molecule has 1 fully saturated rings. The molecule has 0 saturated heterocycles. The van der Waals surface area contributed by atoms with E-state index in [-0.39, 0.29) is 16.9 Å². The van der Waals surface area contributed by atoms with Gasteiger partial charge in [0.1, 0.15) is 0 Å². The minimum atomic E-state index is -0.914. The highest BCUT2D eigenvalue weighted by Crippen LogP contribution is 2.57. The van der Waals surface area contributed by atoms with Crippen LogP contribution >= 0.6 is 11.6 Å². The minimum Gasteiger partial charge on any atom is -0.478 e. The predicted molar refractivity (Wildman–Crippen MR) is 48.1 cm³/mol. The van der Waals surface area contributed by atoms with E-state index in [2.05, 4.69) is 13.8 Å². The molecule has 1 aliphatic carbocycles. The third-order valence-corrected chi connectivity index (χ3v) is 3.05. The molecule has 0 aliphatic heterocycles. The lowest BCUT2D eigenvalue weighted by Gasteiger charge is -2.03. The summed E-state index contributed by atoms with van der Waals surface area (Å²) in [4.78, 5) is 10.5. The van der Waals surface area contributed by atoms with Gasteiger partial charge >= 0.3 is 5.97 Å². The summed E-state index contributed by atoms with van der Waals surface area (Å²) < 4.78 is 0. The molecule has 1 aliphatic rings. The summed E-state index contributed by atoms with van der Waals surface area (Å²) in [5.74, 6) is -0.655. The van der Waals surface area contributed by atoms with Crippen LogP contribution in [0.3, 0.4) is 0 Å². The molecule has 0 amide bonds. The molecule has 2 nitrogen and oxygen atoms in total. The Morgan fingerprint density at radius 3 is 2.25 bits per heavy atom. The quantitative estimate of drug-likeness (QED) is 0.677. The standard InChI is InChI=1S/C9H13ClO2/c1-5(8(11)12)7(10)6-4-9(6,2)3/h6H,4H2,1-3H3,(H,11,12)/b7-5-. The number of carboxylic acid groups (broad SMARTS) is 1. The van der Waals surface area contributed by atoms with Gasteiger partial charge in [-0.3, -0.25) is 0 Å². The number of halogens is 1. The summed E-state index contributed by atoms with van der Waals surface area (Å²) in [6.07, 6.45) is 0.996. The maximum absolute atomic E-state index is 10.5. The maximum Gasteiger partial charge on any atom is 0.332 e. The van der Waals surface area contributed by atoms with Gasteiger partial charge in [0.05, 0.1) is 0 Å². The predicted octanol–water partition coefficient (Wildman–Crippen LogP) is 2.63. The lowest BCUT2D eigenvalue weighted by molar-refractivity contribution is -0.132. The monoisotopic (exact) mass is 188 g/mol. The van der Waals surface area contributed by atoms with E-state index in [1.807, 2.05) is 0 Å². The van der Waals surface area contributed by atoms with Crippen molar-refractivity contribution in [1.82, 2.24) is 0 Å². The van der Waals surface area contributed by atoms with Crippen molar-refractivity contribution >= 4 is 17.6 Å². The molecular formula is C9H13ClO2. The lowest BCUT2D eigenvalue weighted by Crippen LogP contribution is -2.01. The van der Waals surface area contributed by atoms with Gasteiger partial charge in [-0.1, -0.05) is 25.4 Å². The molecular weight excluding hydrogens is 176 g/mol. The van der Waals surface area contributed by atoms with Gasteiger partial charge in [-0.05, 0) is 18.8 Å². The molecule has 1 atom stereocenters. The van der Waals surface area contributed by atoms with Gasteiger partial charge in [-0.25, -0.2) is 4.79 Å². The fourth-order valence-electron chi connectivity index (χ4n) is 1.26. The van der Waals surface area contributed by atoms with E-state index in [1.54, 1.807) is 6.92 Å². The molecule has 1 saturated carbocycles. The first-order chi connectivity index (χ1) is 5.36. The second-order valence-corrected chi connectivity index (χ2v) is 4.43. The van der Waals surface area contributed by atoms with Gasteiger partial charge in [-0.15, -0.1) is 0 Å². The van der Waals surface area contributed by atoms with Crippen molar-refractivity contribution < 1.29 is 9.90 Å². The highest BCUT2D eigenvalue weighted by Gasteiger charge is 2.48. The van der Waals surface area contributed by atoms with Crippen LogP contribution in [-0.2, 0) is 4.79 Å². The van der Waals surface area contributed by atoms with Gasteiger partial charge in [0.15, 0.2) is 0 Å². The molecule has 0 spiro atoms. The molecule has 0 aromatic carbocycles. The van der Waals surface area contributed by atoms with Crippen LogP contribution in [0.2, 0.25) is 0 Å². The molecule has 68 valence electrons. The van der Waals surface area contributed by atoms with Gasteiger partial charge < -0.3 is 5.11 Å². The van der Waals surface area contributed by atoms with E-state index in [0.717, 1.165) is 6.42 Å². The second kappa shape index (κ2) is 2.77. The van der Waals surface area contributed by atoms with Gasteiger partial charge in [0.2, 0.25) is 0 Å². The van der Waals surface area contributed by atoms with Crippen molar-refractivity contribution in [3.05, 3.63) is 10.6 Å². The van der Waals surface area contributed by atoms with E-state index >= 15 is 0 Å². The molecule has 0 aromatic heterocycles. The average molecular weight is 189 g/mol. The summed E-state index contributed by atoms with van der Waals surface area (Å²) in [6, 6.07) is 0. The van der Waals surface area contributed by atoms with Gasteiger partial charge in [-0.2, -0.15) is 0 Å². The van der Waals surface area contributed by atoms with Gasteiger partial charge in [0, 0.05) is 16.5 Å². The molecule has 12 heavy (non-hydrogen) atoms. The first kappa shape index (κ1) is 9.59. The van der Waals surface area contributed by atoms with Crippen LogP contribution in [0.4, 0.5) is 0 Å². The van der Waals surface area contributed by atoms with Crippen LogP contribution in [-0.4, -0.2) is 11.1 Å². The molecule has 0 radical (unpaired) electrons. The zero-order valence-corrected chi connectivity index (χ0v) is 8.27. The molecule has 0 bridgehead atoms. The molecule has 3 heteroatoms. The number of hydrogen-bond donors (Lipinski definition) is 1. The SMILES string of the molecule is C/C(C(=O)O)=C(/Cl)C1CC1(C)C. The smallest absolute Gasteiger partial charge is 0.332 e. The Balaban J connectivity index is 2.78. The fourth-order valence-corrected chi connectivity index (χ4v) is 1.72. The minimum absolute atomic E-state index is 0.202. The van der Waals surface area contributed by atoms with E-state index in [0.29, 0.717) is 5.03 Å². The van der Waals surface area contributed by atoms with Crippen LogP contribution in [0.25, 0.3) is 0 Å². The molecule has 0 heterocycles. The number of rotatable bonds is 2. The Hall–Kier alpha value is -0.500. The average Bonchev–Trinajstić information content (AvgIpc) is 2.56. The summed E-state index contributed by atoms with van der Waals surface area (Å²) in [6.45, 7) is 5.74. The van der Waals surface area contributed by atoms with E-state index in [9.17, 15) is 4.79 Å². The number of carbonyl (C=O) groups is 1. The van der Waals surface area contributed by atoms with E-state index in [1.165, 1.54) is 0 Å². The number of aliphatic carboxylic acids is 1. The summed E-state index contributed by atoms with van der Waals surface area (Å²) in [5.41, 5.74) is 0.487. The normalized spacial score (nSPS) is 27.8. The lowest BCUT2D eigenvalue weighted by atomic mass is 10.1. The molecule has 1 unspecified atom stereocenters. The maximum atomic E-state index is 10.5. The summed E-state index contributed by atoms with van der Waals surface area (Å²) in [7, 11) is 0. The Bertz CT molecular complexity index is 253. The van der Waals surface area contributed by atoms with Crippen LogP contribution in [0.1, 0.15) is 27.2 Å². The highest BCUT2D eigenvalue weighted by molar-refractivity contribution is 6.32.